The molecule has 2 amide bonds. The number of aryl methyl sites for hydroxylation is 1. The maximum atomic E-state index is 14.7. The van der Waals surface area contributed by atoms with Crippen LogP contribution >= 0.6 is 12.2 Å². The summed E-state index contributed by atoms with van der Waals surface area (Å²) in [7, 11) is 0. The lowest BCUT2D eigenvalue weighted by Crippen LogP contribution is -2.54. The number of rotatable bonds is 4. The first-order valence-electron chi connectivity index (χ1n) is 10.1. The molecule has 4 rings (SSSR count). The van der Waals surface area contributed by atoms with Crippen LogP contribution in [0.4, 0.5) is 15.8 Å². The third-order valence-electron chi connectivity index (χ3n) is 5.34. The van der Waals surface area contributed by atoms with Crippen molar-refractivity contribution in [1.29, 1.82) is 0 Å². The maximum absolute atomic E-state index is 14.7. The number of anilines is 2. The highest BCUT2D eigenvalue weighted by Crippen LogP contribution is 2.25. The van der Waals surface area contributed by atoms with E-state index in [1.807, 2.05) is 24.0 Å². The molecule has 8 heteroatoms. The molecular weight excluding hydrogens is 417 g/mol. The summed E-state index contributed by atoms with van der Waals surface area (Å²) >= 11 is 5.22. The first-order valence-corrected chi connectivity index (χ1v) is 10.5. The summed E-state index contributed by atoms with van der Waals surface area (Å²) in [4.78, 5) is 28.8. The number of thiocarbonyl (C=S) groups is 1. The molecule has 6 nitrogen and oxygen atoms in total. The van der Waals surface area contributed by atoms with Gasteiger partial charge in [0.2, 0.25) is 0 Å². The largest absolute Gasteiger partial charge is 0.378 e. The van der Waals surface area contributed by atoms with Crippen LogP contribution in [0.15, 0.2) is 48.0 Å². The number of hydrogen-bond donors (Lipinski definition) is 1. The van der Waals surface area contributed by atoms with E-state index < -0.39 is 17.6 Å². The van der Waals surface area contributed by atoms with E-state index in [1.54, 1.807) is 24.3 Å². The van der Waals surface area contributed by atoms with Crippen molar-refractivity contribution in [3.8, 4) is 0 Å². The van der Waals surface area contributed by atoms with E-state index in [4.69, 9.17) is 17.0 Å². The number of nitrogens with one attached hydrogen (secondary N) is 1. The van der Waals surface area contributed by atoms with Gasteiger partial charge in [0.1, 0.15) is 11.4 Å². The Bertz CT molecular complexity index is 1060. The molecular formula is C23H22FN3O3S. The molecule has 2 aliphatic rings. The topological polar surface area (TPSA) is 61.9 Å². The highest BCUT2D eigenvalue weighted by atomic mass is 32.1. The van der Waals surface area contributed by atoms with Crippen molar-refractivity contribution < 1.29 is 18.7 Å². The van der Waals surface area contributed by atoms with Crippen molar-refractivity contribution in [3.05, 3.63) is 65.0 Å². The van der Waals surface area contributed by atoms with E-state index in [2.05, 4.69) is 5.32 Å². The molecule has 2 heterocycles. The smallest absolute Gasteiger partial charge is 0.270 e. The second kappa shape index (κ2) is 8.95. The molecule has 160 valence electrons. The molecule has 0 unspecified atom stereocenters. The zero-order valence-electron chi connectivity index (χ0n) is 17.1. The Morgan fingerprint density at radius 3 is 2.48 bits per heavy atom. The van der Waals surface area contributed by atoms with Gasteiger partial charge in [0.05, 0.1) is 24.6 Å². The second-order valence-electron chi connectivity index (χ2n) is 7.29. The molecule has 0 radical (unpaired) electrons. The normalized spacial score (nSPS) is 18.5. The van der Waals surface area contributed by atoms with E-state index in [9.17, 15) is 14.0 Å². The number of carbonyl (C=O) groups is 2. The van der Waals surface area contributed by atoms with Gasteiger partial charge in [0, 0.05) is 13.1 Å². The van der Waals surface area contributed by atoms with Crippen LogP contribution in [0.5, 0.6) is 0 Å². The number of benzene rings is 2. The van der Waals surface area contributed by atoms with Crippen LogP contribution < -0.4 is 15.1 Å². The second-order valence-corrected chi connectivity index (χ2v) is 7.67. The molecule has 0 aliphatic carbocycles. The van der Waals surface area contributed by atoms with Crippen molar-refractivity contribution >= 4 is 46.6 Å². The fourth-order valence-corrected chi connectivity index (χ4v) is 3.89. The average Bonchev–Trinajstić information content (AvgIpc) is 2.77. The van der Waals surface area contributed by atoms with Gasteiger partial charge in [-0.05, 0) is 60.1 Å². The number of nitrogens with zero attached hydrogens (tertiary/aromatic N) is 2. The highest BCUT2D eigenvalue weighted by Gasteiger charge is 2.34. The Morgan fingerprint density at radius 2 is 1.84 bits per heavy atom. The van der Waals surface area contributed by atoms with Crippen LogP contribution in [0.25, 0.3) is 6.08 Å². The lowest BCUT2D eigenvalue weighted by molar-refractivity contribution is -0.122. The summed E-state index contributed by atoms with van der Waals surface area (Å²) < 4.78 is 20.0. The van der Waals surface area contributed by atoms with Crippen LogP contribution in [-0.4, -0.2) is 43.2 Å². The molecule has 31 heavy (non-hydrogen) atoms. The number of hydrogen-bond acceptors (Lipinski definition) is 5. The molecule has 0 saturated carbocycles. The summed E-state index contributed by atoms with van der Waals surface area (Å²) in [6, 6.07) is 12.1. The summed E-state index contributed by atoms with van der Waals surface area (Å²) in [6.07, 6.45) is 2.26. The van der Waals surface area contributed by atoms with E-state index in [0.29, 0.717) is 43.2 Å². The lowest BCUT2D eigenvalue weighted by atomic mass is 10.1. The minimum atomic E-state index is -0.603. The summed E-state index contributed by atoms with van der Waals surface area (Å²) in [6.45, 7) is 4.36. The molecule has 2 aliphatic heterocycles. The van der Waals surface area contributed by atoms with Gasteiger partial charge in [0.15, 0.2) is 5.11 Å². The van der Waals surface area contributed by atoms with Crippen LogP contribution in [0, 0.1) is 5.82 Å². The predicted octanol–water partition coefficient (Wildman–Crippen LogP) is 3.06. The fraction of sp³-hybridized carbons (Fsp3) is 0.261. The summed E-state index contributed by atoms with van der Waals surface area (Å²) in [5.74, 6) is -1.56. The molecule has 0 aromatic heterocycles. The van der Waals surface area contributed by atoms with Crippen molar-refractivity contribution in [3.63, 3.8) is 0 Å². The Balaban J connectivity index is 1.62. The molecule has 2 saturated heterocycles. The van der Waals surface area contributed by atoms with Gasteiger partial charge >= 0.3 is 0 Å². The molecule has 2 fully saturated rings. The van der Waals surface area contributed by atoms with Crippen molar-refractivity contribution in [2.24, 2.45) is 0 Å². The Kier molecular flexibility index (Phi) is 6.11. The number of carbonyl (C=O) groups excluding carboxylic acids is 2. The SMILES string of the molecule is CCc1ccc(N2C(=O)/C(=C/c3ccc(N4CCOCC4)c(F)c3)C(=O)NC2=S)cc1. The van der Waals surface area contributed by atoms with Gasteiger partial charge in [0.25, 0.3) is 11.8 Å². The predicted molar refractivity (Wildman–Crippen MR) is 121 cm³/mol. The van der Waals surface area contributed by atoms with E-state index in [0.717, 1.165) is 12.0 Å². The van der Waals surface area contributed by atoms with E-state index in [-0.39, 0.29) is 10.7 Å². The van der Waals surface area contributed by atoms with Gasteiger partial charge in [-0.3, -0.25) is 19.8 Å². The number of amides is 2. The maximum Gasteiger partial charge on any atom is 0.270 e. The fourth-order valence-electron chi connectivity index (χ4n) is 3.61. The van der Waals surface area contributed by atoms with Crippen molar-refractivity contribution in [2.75, 3.05) is 36.1 Å². The highest BCUT2D eigenvalue weighted by molar-refractivity contribution is 7.80. The van der Waals surface area contributed by atoms with Crippen LogP contribution in [0.3, 0.4) is 0 Å². The van der Waals surface area contributed by atoms with Crippen molar-refractivity contribution in [1.82, 2.24) is 5.32 Å². The monoisotopic (exact) mass is 439 g/mol. The summed E-state index contributed by atoms with van der Waals surface area (Å²) in [5, 5.41) is 2.57. The summed E-state index contributed by atoms with van der Waals surface area (Å²) in [5.41, 5.74) is 2.47. The van der Waals surface area contributed by atoms with Crippen LogP contribution in [0.1, 0.15) is 18.1 Å². The molecule has 0 bridgehead atoms. The Labute approximate surface area is 185 Å². The van der Waals surface area contributed by atoms with Gasteiger partial charge in [-0.1, -0.05) is 25.1 Å². The van der Waals surface area contributed by atoms with Gasteiger partial charge in [-0.15, -0.1) is 0 Å². The Hall–Kier alpha value is -3.10. The standard InChI is InChI=1S/C23H22FN3O3S/c1-2-15-3-6-17(7-4-15)27-22(29)18(21(28)25-23(27)31)13-16-5-8-20(19(24)14-16)26-9-11-30-12-10-26/h3-8,13-14H,2,9-12H2,1H3,(H,25,28,31)/b18-13+. The van der Waals surface area contributed by atoms with Gasteiger partial charge < -0.3 is 9.64 Å². The van der Waals surface area contributed by atoms with E-state index >= 15 is 0 Å². The first kappa shape index (κ1) is 21.1. The molecule has 2 aromatic carbocycles. The number of morpholine rings is 1. The molecule has 2 aromatic rings. The van der Waals surface area contributed by atoms with Crippen LogP contribution in [0.2, 0.25) is 0 Å². The Morgan fingerprint density at radius 1 is 1.13 bits per heavy atom. The molecule has 0 atom stereocenters. The third kappa shape index (κ3) is 4.35. The molecule has 1 N–H and O–H groups in total. The minimum Gasteiger partial charge on any atom is -0.378 e. The molecule has 0 spiro atoms. The quantitative estimate of drug-likeness (QED) is 0.451. The van der Waals surface area contributed by atoms with Gasteiger partial charge in [-0.2, -0.15) is 0 Å². The number of halogens is 1. The third-order valence-corrected chi connectivity index (χ3v) is 5.62. The lowest BCUT2D eigenvalue weighted by Gasteiger charge is -2.29. The van der Waals surface area contributed by atoms with Gasteiger partial charge in [-0.25, -0.2) is 4.39 Å². The zero-order valence-corrected chi connectivity index (χ0v) is 17.9. The minimum absolute atomic E-state index is 0.0187. The zero-order chi connectivity index (χ0) is 22.0. The van der Waals surface area contributed by atoms with Crippen LogP contribution in [-0.2, 0) is 20.7 Å². The first-order chi connectivity index (χ1) is 15.0. The van der Waals surface area contributed by atoms with E-state index in [1.165, 1.54) is 17.0 Å². The average molecular weight is 440 g/mol. The van der Waals surface area contributed by atoms with Crippen molar-refractivity contribution in [2.45, 2.75) is 13.3 Å². The number of ether oxygens (including phenoxy) is 1.